The zero-order chi connectivity index (χ0) is 46.4. The number of likely N-dealkylation sites (N-methyl/N-ethyl adjacent to an activating group) is 1. The molecule has 0 amide bonds. The van der Waals surface area contributed by atoms with Crippen LogP contribution in [0.2, 0.25) is 0 Å². The van der Waals surface area contributed by atoms with Crippen LogP contribution in [0.5, 0.6) is 0 Å². The molecule has 0 bridgehead atoms. The Kier molecular flexibility index (Phi) is 45.0. The average Bonchev–Trinajstić information content (AvgIpc) is 3.24. The van der Waals surface area contributed by atoms with E-state index in [0.717, 1.165) is 25.7 Å². The van der Waals surface area contributed by atoms with E-state index in [-0.39, 0.29) is 26.1 Å². The Hall–Kier alpha value is -1.25. The van der Waals surface area contributed by atoms with Crippen LogP contribution in [0.15, 0.2) is 12.2 Å². The average molecular weight is 914 g/mol. The summed E-state index contributed by atoms with van der Waals surface area (Å²) in [7, 11) is 1.17. The van der Waals surface area contributed by atoms with Crippen LogP contribution in [-0.4, -0.2) is 70.0 Å². The monoisotopic (exact) mass is 914 g/mol. The SMILES string of the molecule is CCCCCCCCCCCCCCCCCCCC/C=C/CCCC(=O)OC[C@@H](COP(=O)([O-])OCC[N+](C)(C)C)OC(=O)CCCCCCCCCCCCCCCCCC. The van der Waals surface area contributed by atoms with Crippen LogP contribution < -0.4 is 4.89 Å². The van der Waals surface area contributed by atoms with Gasteiger partial charge in [0, 0.05) is 12.8 Å². The lowest BCUT2D eigenvalue weighted by Crippen LogP contribution is -2.37. The molecule has 0 aliphatic heterocycles. The highest BCUT2D eigenvalue weighted by atomic mass is 31.2. The number of ether oxygens (including phenoxy) is 2. The van der Waals surface area contributed by atoms with Gasteiger partial charge in [0.25, 0.3) is 7.82 Å². The van der Waals surface area contributed by atoms with E-state index < -0.39 is 32.5 Å². The van der Waals surface area contributed by atoms with Crippen molar-refractivity contribution in [3.63, 3.8) is 0 Å². The van der Waals surface area contributed by atoms with Gasteiger partial charge in [-0.3, -0.25) is 14.2 Å². The first-order chi connectivity index (χ1) is 30.5. The highest BCUT2D eigenvalue weighted by Gasteiger charge is 2.21. The number of unbranched alkanes of at least 4 members (excludes halogenated alkanes) is 34. The first-order valence-electron chi connectivity index (χ1n) is 26.9. The maximum Gasteiger partial charge on any atom is 0.306 e. The van der Waals surface area contributed by atoms with Crippen molar-refractivity contribution < 1.29 is 42.1 Å². The largest absolute Gasteiger partial charge is 0.756 e. The second-order valence-corrected chi connectivity index (χ2v) is 21.0. The van der Waals surface area contributed by atoms with Crippen molar-refractivity contribution in [2.45, 2.75) is 270 Å². The molecule has 0 radical (unpaired) electrons. The van der Waals surface area contributed by atoms with Crippen molar-refractivity contribution in [1.82, 2.24) is 0 Å². The smallest absolute Gasteiger partial charge is 0.306 e. The number of nitrogens with zero attached hydrogens (tertiary/aromatic N) is 1. The molecule has 10 heteroatoms. The summed E-state index contributed by atoms with van der Waals surface area (Å²) in [6.45, 7) is 4.26. The van der Waals surface area contributed by atoms with Gasteiger partial charge in [-0.15, -0.1) is 0 Å². The van der Waals surface area contributed by atoms with Gasteiger partial charge in [0.15, 0.2) is 6.10 Å². The second kappa shape index (κ2) is 45.9. The number of rotatable bonds is 50. The fourth-order valence-corrected chi connectivity index (χ4v) is 8.57. The molecule has 0 heterocycles. The van der Waals surface area contributed by atoms with E-state index in [0.29, 0.717) is 23.9 Å². The molecule has 0 spiro atoms. The summed E-state index contributed by atoms with van der Waals surface area (Å²) in [5, 5.41) is 0. The molecule has 0 aromatic heterocycles. The van der Waals surface area contributed by atoms with E-state index in [2.05, 4.69) is 26.0 Å². The summed E-state index contributed by atoms with van der Waals surface area (Å²) in [6, 6.07) is 0. The predicted molar refractivity (Wildman–Crippen MR) is 264 cm³/mol. The van der Waals surface area contributed by atoms with E-state index in [4.69, 9.17) is 18.5 Å². The van der Waals surface area contributed by atoms with Gasteiger partial charge >= 0.3 is 11.9 Å². The van der Waals surface area contributed by atoms with E-state index >= 15 is 0 Å². The van der Waals surface area contributed by atoms with Crippen LogP contribution in [0.25, 0.3) is 0 Å². The van der Waals surface area contributed by atoms with Crippen molar-refractivity contribution in [2.24, 2.45) is 0 Å². The number of quaternary nitrogens is 1. The van der Waals surface area contributed by atoms with Gasteiger partial charge in [-0.1, -0.05) is 231 Å². The zero-order valence-corrected chi connectivity index (χ0v) is 43.2. The maximum absolute atomic E-state index is 12.7. The van der Waals surface area contributed by atoms with Gasteiger partial charge < -0.3 is 27.9 Å². The predicted octanol–water partition coefficient (Wildman–Crippen LogP) is 15.5. The minimum atomic E-state index is -4.63. The summed E-state index contributed by atoms with van der Waals surface area (Å²) < 4.78 is 34.0. The lowest BCUT2D eigenvalue weighted by Gasteiger charge is -2.28. The molecular weight excluding hydrogens is 810 g/mol. The van der Waals surface area contributed by atoms with Gasteiger partial charge in [0.2, 0.25) is 0 Å². The van der Waals surface area contributed by atoms with Gasteiger partial charge in [0.05, 0.1) is 27.7 Å². The van der Waals surface area contributed by atoms with Crippen LogP contribution >= 0.6 is 7.82 Å². The van der Waals surface area contributed by atoms with Crippen LogP contribution in [0, 0.1) is 0 Å². The Morgan fingerprint density at radius 1 is 0.476 bits per heavy atom. The number of phosphoric ester groups is 1. The molecule has 0 saturated carbocycles. The van der Waals surface area contributed by atoms with Crippen molar-refractivity contribution in [3.05, 3.63) is 12.2 Å². The normalized spacial score (nSPS) is 13.4. The minimum absolute atomic E-state index is 0.0308. The van der Waals surface area contributed by atoms with Crippen molar-refractivity contribution in [2.75, 3.05) is 47.5 Å². The highest BCUT2D eigenvalue weighted by Crippen LogP contribution is 2.38. The maximum atomic E-state index is 12.7. The van der Waals surface area contributed by atoms with Crippen LogP contribution in [-0.2, 0) is 32.7 Å². The number of allylic oxidation sites excluding steroid dienone is 2. The Bertz CT molecular complexity index is 1080. The molecule has 0 rings (SSSR count). The van der Waals surface area contributed by atoms with Crippen LogP contribution in [0.4, 0.5) is 0 Å². The molecule has 0 aliphatic carbocycles. The molecule has 0 saturated heterocycles. The minimum Gasteiger partial charge on any atom is -0.756 e. The van der Waals surface area contributed by atoms with E-state index in [1.54, 1.807) is 0 Å². The molecule has 0 fully saturated rings. The van der Waals surface area contributed by atoms with Crippen molar-refractivity contribution >= 4 is 19.8 Å². The third kappa shape index (κ3) is 50.0. The summed E-state index contributed by atoms with van der Waals surface area (Å²) in [6.07, 6.45) is 51.2. The first kappa shape index (κ1) is 61.8. The first-order valence-corrected chi connectivity index (χ1v) is 28.4. The standard InChI is InChI=1S/C53H104NO8P/c1-6-8-10-12-14-16-18-20-22-24-25-26-27-28-29-30-32-33-35-37-39-41-43-45-52(55)59-49-51(50-61-63(57,58)60-48-47-54(3,4)5)62-53(56)46-44-42-40-38-36-34-31-23-21-19-17-15-13-11-9-7-2/h37,39,51H,6-36,38,40-50H2,1-5H3/b39-37+/t51-/m0/s1. The quantitative estimate of drug-likeness (QED) is 0.0195. The fourth-order valence-electron chi connectivity index (χ4n) is 7.84. The zero-order valence-electron chi connectivity index (χ0n) is 42.3. The van der Waals surface area contributed by atoms with Gasteiger partial charge in [-0.2, -0.15) is 0 Å². The van der Waals surface area contributed by atoms with Crippen LogP contribution in [0.3, 0.4) is 0 Å². The second-order valence-electron chi connectivity index (χ2n) is 19.6. The lowest BCUT2D eigenvalue weighted by molar-refractivity contribution is -0.870. The summed E-state index contributed by atoms with van der Waals surface area (Å²) >= 11 is 0. The molecule has 9 nitrogen and oxygen atoms in total. The molecule has 0 aliphatic rings. The molecule has 374 valence electrons. The Morgan fingerprint density at radius 2 is 0.825 bits per heavy atom. The molecular formula is C53H104NO8P. The van der Waals surface area contributed by atoms with E-state index in [1.165, 1.54) is 199 Å². The number of carbonyl (C=O) groups excluding carboxylic acids is 2. The summed E-state index contributed by atoms with van der Waals surface area (Å²) in [5.74, 6) is -0.855. The molecule has 0 aromatic carbocycles. The Balaban J connectivity index is 4.18. The highest BCUT2D eigenvalue weighted by molar-refractivity contribution is 7.45. The van der Waals surface area contributed by atoms with E-state index in [1.807, 2.05) is 21.1 Å². The summed E-state index contributed by atoms with van der Waals surface area (Å²) in [4.78, 5) is 37.7. The molecule has 63 heavy (non-hydrogen) atoms. The van der Waals surface area contributed by atoms with Gasteiger partial charge in [0.1, 0.15) is 19.8 Å². The number of phosphoric acid groups is 1. The topological polar surface area (TPSA) is 111 Å². The third-order valence-corrected chi connectivity index (χ3v) is 13.0. The van der Waals surface area contributed by atoms with Crippen molar-refractivity contribution in [3.8, 4) is 0 Å². The molecule has 0 N–H and O–H groups in total. The van der Waals surface area contributed by atoms with Gasteiger partial charge in [-0.25, -0.2) is 0 Å². The van der Waals surface area contributed by atoms with E-state index in [9.17, 15) is 19.0 Å². The number of hydrogen-bond donors (Lipinski definition) is 0. The fraction of sp³-hybridized carbons (Fsp3) is 0.925. The molecule has 0 aromatic rings. The molecule has 2 atom stereocenters. The molecule has 1 unspecified atom stereocenters. The number of carbonyl (C=O) groups is 2. The van der Waals surface area contributed by atoms with Gasteiger partial charge in [-0.05, 0) is 32.1 Å². The number of esters is 2. The van der Waals surface area contributed by atoms with Crippen molar-refractivity contribution in [1.29, 1.82) is 0 Å². The summed E-state index contributed by atoms with van der Waals surface area (Å²) in [5.41, 5.74) is 0. The number of hydrogen-bond acceptors (Lipinski definition) is 8. The lowest BCUT2D eigenvalue weighted by atomic mass is 10.0. The Morgan fingerprint density at radius 3 is 1.22 bits per heavy atom. The third-order valence-electron chi connectivity index (χ3n) is 12.0. The van der Waals surface area contributed by atoms with Crippen LogP contribution in [0.1, 0.15) is 264 Å². The Labute approximate surface area is 390 Å².